The van der Waals surface area contributed by atoms with Gasteiger partial charge in [0, 0.05) is 17.7 Å². The molecule has 0 atom stereocenters. The van der Waals surface area contributed by atoms with E-state index < -0.39 is 0 Å². The van der Waals surface area contributed by atoms with Crippen molar-refractivity contribution in [1.29, 1.82) is 0 Å². The van der Waals surface area contributed by atoms with E-state index in [1.165, 1.54) is 70.6 Å². The number of rotatable bonds is 17. The van der Waals surface area contributed by atoms with Crippen LogP contribution in [0.1, 0.15) is 136 Å². The van der Waals surface area contributed by atoms with Crippen molar-refractivity contribution in [1.82, 2.24) is 4.98 Å². The number of nitrogens with one attached hydrogen (secondary N) is 1. The number of esters is 1. The van der Waals surface area contributed by atoms with Crippen molar-refractivity contribution in [3.63, 3.8) is 0 Å². The summed E-state index contributed by atoms with van der Waals surface area (Å²) in [6.45, 7) is 8.06. The molecule has 0 radical (unpaired) electrons. The van der Waals surface area contributed by atoms with Crippen LogP contribution in [-0.4, -0.2) is 23.3 Å². The number of ketones is 1. The maximum atomic E-state index is 12.6. The molecule has 0 aliphatic heterocycles. The topological polar surface area (TPSA) is 59.2 Å². The Bertz CT molecular complexity index is 603. The zero-order valence-corrected chi connectivity index (χ0v) is 19.3. The second-order valence-electron chi connectivity index (χ2n) is 8.26. The molecule has 166 valence electrons. The van der Waals surface area contributed by atoms with Crippen LogP contribution < -0.4 is 0 Å². The number of Topliss-reactive ketones (excluding diaryl/α,β-unsaturated/α-hetero) is 1. The van der Waals surface area contributed by atoms with Gasteiger partial charge in [-0.15, -0.1) is 0 Å². The highest BCUT2D eigenvalue weighted by Crippen LogP contribution is 2.22. The predicted octanol–water partition coefficient (Wildman–Crippen LogP) is 7.47. The number of unbranched alkanes of at least 4 members (excludes halogenated alkanes) is 12. The van der Waals surface area contributed by atoms with Gasteiger partial charge < -0.3 is 9.72 Å². The van der Waals surface area contributed by atoms with Crippen molar-refractivity contribution in [3.8, 4) is 0 Å². The van der Waals surface area contributed by atoms with E-state index in [4.69, 9.17) is 4.74 Å². The molecule has 0 saturated heterocycles. The van der Waals surface area contributed by atoms with E-state index in [9.17, 15) is 9.59 Å². The average molecular weight is 406 g/mol. The highest BCUT2D eigenvalue weighted by atomic mass is 16.5. The molecule has 29 heavy (non-hydrogen) atoms. The van der Waals surface area contributed by atoms with Gasteiger partial charge in [0.2, 0.25) is 0 Å². The third-order valence-electron chi connectivity index (χ3n) is 5.70. The van der Waals surface area contributed by atoms with Gasteiger partial charge in [0.1, 0.15) is 5.69 Å². The summed E-state index contributed by atoms with van der Waals surface area (Å²) < 4.78 is 5.06. The van der Waals surface area contributed by atoms with E-state index in [1.807, 2.05) is 13.8 Å². The van der Waals surface area contributed by atoms with Crippen LogP contribution in [0.2, 0.25) is 0 Å². The van der Waals surface area contributed by atoms with Crippen LogP contribution in [0.5, 0.6) is 0 Å². The van der Waals surface area contributed by atoms with E-state index in [0.717, 1.165) is 24.1 Å². The standard InChI is InChI=1S/C25H43NO3/c1-5-7-8-9-10-11-12-13-14-15-16-17-18-19-22(27)23-20(3)24(26-21(23)4)25(28)29-6-2/h26H,5-19H2,1-4H3. The van der Waals surface area contributed by atoms with Crippen molar-refractivity contribution in [2.45, 2.75) is 118 Å². The van der Waals surface area contributed by atoms with Crippen molar-refractivity contribution in [3.05, 3.63) is 22.5 Å². The molecule has 1 N–H and O–H groups in total. The number of aryl methyl sites for hydroxylation is 1. The number of aromatic amines is 1. The lowest BCUT2D eigenvalue weighted by Crippen LogP contribution is -2.07. The Labute approximate surface area is 178 Å². The van der Waals surface area contributed by atoms with Gasteiger partial charge in [0.15, 0.2) is 5.78 Å². The van der Waals surface area contributed by atoms with Gasteiger partial charge in [-0.05, 0) is 32.8 Å². The fourth-order valence-electron chi connectivity index (χ4n) is 4.00. The highest BCUT2D eigenvalue weighted by Gasteiger charge is 2.22. The SMILES string of the molecule is CCCCCCCCCCCCCCCC(=O)c1c(C)[nH]c(C(=O)OCC)c1C. The van der Waals surface area contributed by atoms with Crippen LogP contribution >= 0.6 is 0 Å². The maximum absolute atomic E-state index is 12.6. The van der Waals surface area contributed by atoms with E-state index >= 15 is 0 Å². The Hall–Kier alpha value is -1.58. The van der Waals surface area contributed by atoms with Crippen molar-refractivity contribution in [2.24, 2.45) is 0 Å². The largest absolute Gasteiger partial charge is 0.461 e. The van der Waals surface area contributed by atoms with Crippen LogP contribution in [0.25, 0.3) is 0 Å². The Morgan fingerprint density at radius 3 is 1.72 bits per heavy atom. The van der Waals surface area contributed by atoms with Crippen LogP contribution in [0.15, 0.2) is 0 Å². The summed E-state index contributed by atoms with van der Waals surface area (Å²) >= 11 is 0. The smallest absolute Gasteiger partial charge is 0.355 e. The first-order valence-electron chi connectivity index (χ1n) is 11.9. The van der Waals surface area contributed by atoms with Gasteiger partial charge in [0.25, 0.3) is 0 Å². The Kier molecular flexibility index (Phi) is 13.4. The molecule has 4 heteroatoms. The average Bonchev–Trinajstić information content (AvgIpc) is 2.99. The third kappa shape index (κ3) is 9.64. The number of aromatic nitrogens is 1. The summed E-state index contributed by atoms with van der Waals surface area (Å²) in [6, 6.07) is 0. The van der Waals surface area contributed by atoms with E-state index in [2.05, 4.69) is 11.9 Å². The van der Waals surface area contributed by atoms with Gasteiger partial charge in [0.05, 0.1) is 6.61 Å². The second-order valence-corrected chi connectivity index (χ2v) is 8.26. The molecule has 0 bridgehead atoms. The van der Waals surface area contributed by atoms with Crippen molar-refractivity contribution >= 4 is 11.8 Å². The van der Waals surface area contributed by atoms with Crippen LogP contribution in [0.3, 0.4) is 0 Å². The first kappa shape index (κ1) is 25.5. The molecule has 1 heterocycles. The lowest BCUT2D eigenvalue weighted by atomic mass is 10.00. The molecule has 1 rings (SSSR count). The van der Waals surface area contributed by atoms with Crippen LogP contribution in [0.4, 0.5) is 0 Å². The zero-order chi connectivity index (χ0) is 21.5. The molecule has 0 unspecified atom stereocenters. The molecule has 1 aromatic heterocycles. The lowest BCUT2D eigenvalue weighted by Gasteiger charge is -2.04. The molecule has 0 saturated carbocycles. The fraction of sp³-hybridized carbons (Fsp3) is 0.760. The third-order valence-corrected chi connectivity index (χ3v) is 5.70. The summed E-state index contributed by atoms with van der Waals surface area (Å²) in [5, 5.41) is 0. The summed E-state index contributed by atoms with van der Waals surface area (Å²) in [5.41, 5.74) is 2.58. The number of carbonyl (C=O) groups excluding carboxylic acids is 2. The Morgan fingerprint density at radius 1 is 0.759 bits per heavy atom. The van der Waals surface area contributed by atoms with Crippen molar-refractivity contribution in [2.75, 3.05) is 6.61 Å². The fourth-order valence-corrected chi connectivity index (χ4v) is 4.00. The summed E-state index contributed by atoms with van der Waals surface area (Å²) in [5.74, 6) is -0.247. The van der Waals surface area contributed by atoms with Gasteiger partial charge in [-0.25, -0.2) is 4.79 Å². The highest BCUT2D eigenvalue weighted by molar-refractivity contribution is 6.02. The molecule has 0 aliphatic carbocycles. The Morgan fingerprint density at radius 2 is 1.24 bits per heavy atom. The first-order chi connectivity index (χ1) is 14.0. The summed E-state index contributed by atoms with van der Waals surface area (Å²) in [7, 11) is 0. The first-order valence-corrected chi connectivity index (χ1v) is 11.9. The quantitative estimate of drug-likeness (QED) is 0.166. The molecule has 0 aliphatic rings. The molecule has 0 fully saturated rings. The lowest BCUT2D eigenvalue weighted by molar-refractivity contribution is 0.0519. The minimum Gasteiger partial charge on any atom is -0.461 e. The number of H-pyrrole nitrogens is 1. The monoisotopic (exact) mass is 405 g/mol. The predicted molar refractivity (Wildman–Crippen MR) is 121 cm³/mol. The van der Waals surface area contributed by atoms with E-state index in [-0.39, 0.29) is 11.8 Å². The van der Waals surface area contributed by atoms with Crippen molar-refractivity contribution < 1.29 is 14.3 Å². The maximum Gasteiger partial charge on any atom is 0.355 e. The van der Waals surface area contributed by atoms with Gasteiger partial charge in [-0.2, -0.15) is 0 Å². The summed E-state index contributed by atoms with van der Waals surface area (Å²) in [4.78, 5) is 27.6. The number of hydrogen-bond donors (Lipinski definition) is 1. The molecule has 0 aromatic carbocycles. The molecule has 4 nitrogen and oxygen atoms in total. The van der Waals surface area contributed by atoms with Crippen LogP contribution in [0, 0.1) is 13.8 Å². The van der Waals surface area contributed by atoms with Crippen LogP contribution in [-0.2, 0) is 4.74 Å². The zero-order valence-electron chi connectivity index (χ0n) is 19.3. The Balaban J connectivity index is 2.15. The van der Waals surface area contributed by atoms with Gasteiger partial charge in [-0.3, -0.25) is 4.79 Å². The minimum absolute atomic E-state index is 0.134. The van der Waals surface area contributed by atoms with Gasteiger partial charge >= 0.3 is 5.97 Å². The number of carbonyl (C=O) groups is 2. The summed E-state index contributed by atoms with van der Waals surface area (Å²) in [6.07, 6.45) is 17.4. The molecule has 1 aromatic rings. The molecular formula is C25H43NO3. The normalized spacial score (nSPS) is 11.0. The van der Waals surface area contributed by atoms with E-state index in [0.29, 0.717) is 24.3 Å². The minimum atomic E-state index is -0.381. The van der Waals surface area contributed by atoms with Gasteiger partial charge in [-0.1, -0.05) is 84.0 Å². The molecule has 0 spiro atoms. The number of ether oxygens (including phenoxy) is 1. The second kappa shape index (κ2) is 15.3. The number of hydrogen-bond acceptors (Lipinski definition) is 3. The van der Waals surface area contributed by atoms with E-state index in [1.54, 1.807) is 6.92 Å². The molecule has 0 amide bonds. The molecular weight excluding hydrogens is 362 g/mol.